The molecular weight excluding hydrogens is 390 g/mol. The van der Waals surface area contributed by atoms with Gasteiger partial charge in [0, 0.05) is 17.1 Å². The molecule has 104 valence electrons. The fourth-order valence-corrected chi connectivity index (χ4v) is 5.46. The van der Waals surface area contributed by atoms with Gasteiger partial charge in [0.25, 0.3) is 5.91 Å². The van der Waals surface area contributed by atoms with Crippen LogP contribution in [0.15, 0.2) is 14.3 Å². The Bertz CT molecular complexity index is 466. The maximum atomic E-state index is 12.7. The Hall–Kier alpha value is 0.130. The summed E-state index contributed by atoms with van der Waals surface area (Å²) in [5, 5.41) is 0. The average Bonchev–Trinajstić information content (AvgIpc) is 2.77. The number of hydrogen-bond donors (Lipinski definition) is 0. The van der Waals surface area contributed by atoms with E-state index in [4.69, 9.17) is 0 Å². The summed E-state index contributed by atoms with van der Waals surface area (Å²) in [6, 6.07) is 2.44. The number of nitrogens with zero attached hydrogens (tertiary/aromatic N) is 1. The van der Waals surface area contributed by atoms with Crippen molar-refractivity contribution < 1.29 is 4.79 Å². The lowest BCUT2D eigenvalue weighted by molar-refractivity contribution is 0.0395. The summed E-state index contributed by atoms with van der Waals surface area (Å²) in [6.07, 6.45) is 7.62. The molecule has 2 heterocycles. The third-order valence-corrected chi connectivity index (χ3v) is 7.60. The van der Waals surface area contributed by atoms with Crippen LogP contribution in [0.5, 0.6) is 0 Å². The largest absolute Gasteiger partial charge is 0.335 e. The minimum absolute atomic E-state index is 0.230. The van der Waals surface area contributed by atoms with E-state index >= 15 is 0 Å². The van der Waals surface area contributed by atoms with Crippen LogP contribution in [0, 0.1) is 5.92 Å². The van der Waals surface area contributed by atoms with E-state index in [2.05, 4.69) is 36.8 Å². The van der Waals surface area contributed by atoms with Gasteiger partial charge < -0.3 is 4.90 Å². The summed E-state index contributed by atoms with van der Waals surface area (Å²) in [6.45, 7) is 0.938. The fourth-order valence-electron chi connectivity index (χ4n) is 3.47. The smallest absolute Gasteiger partial charge is 0.264 e. The number of rotatable bonds is 1. The minimum Gasteiger partial charge on any atom is -0.335 e. The van der Waals surface area contributed by atoms with Gasteiger partial charge >= 0.3 is 0 Å². The molecule has 2 fully saturated rings. The predicted molar refractivity (Wildman–Crippen MR) is 85.7 cm³/mol. The van der Waals surface area contributed by atoms with Crippen molar-refractivity contribution in [2.24, 2.45) is 5.92 Å². The minimum atomic E-state index is 0.230. The first kappa shape index (κ1) is 14.1. The van der Waals surface area contributed by atoms with E-state index < -0.39 is 0 Å². The van der Waals surface area contributed by atoms with Gasteiger partial charge in [-0.1, -0.05) is 12.8 Å². The molecule has 3 rings (SSSR count). The number of carbonyl (C=O) groups is 1. The molecule has 2 atom stereocenters. The first-order valence-electron chi connectivity index (χ1n) is 6.92. The molecule has 1 aliphatic carbocycles. The normalized spacial score (nSPS) is 27.2. The van der Waals surface area contributed by atoms with Crippen LogP contribution < -0.4 is 0 Å². The van der Waals surface area contributed by atoms with Crippen LogP contribution in [0.1, 0.15) is 48.2 Å². The summed E-state index contributed by atoms with van der Waals surface area (Å²) in [7, 11) is 0. The summed E-state index contributed by atoms with van der Waals surface area (Å²) >= 11 is 8.48. The summed E-state index contributed by atoms with van der Waals surface area (Å²) < 4.78 is 1.99. The second-order valence-electron chi connectivity index (χ2n) is 5.48. The maximum absolute atomic E-state index is 12.7. The zero-order chi connectivity index (χ0) is 13.4. The van der Waals surface area contributed by atoms with Crippen molar-refractivity contribution in [1.82, 2.24) is 4.90 Å². The predicted octanol–water partition coefficient (Wildman–Crippen LogP) is 5.07. The first-order valence-corrected chi connectivity index (χ1v) is 9.33. The first-order chi connectivity index (χ1) is 9.16. The molecule has 2 nitrogen and oxygen atoms in total. The molecule has 0 unspecified atom stereocenters. The summed E-state index contributed by atoms with van der Waals surface area (Å²) in [5.74, 6) is 0.978. The van der Waals surface area contributed by atoms with Crippen molar-refractivity contribution in [1.29, 1.82) is 0 Å². The molecule has 0 N–H and O–H groups in total. The monoisotopic (exact) mass is 405 g/mol. The van der Waals surface area contributed by atoms with Crippen molar-refractivity contribution in [3.63, 3.8) is 0 Å². The highest BCUT2D eigenvalue weighted by atomic mass is 79.9. The Kier molecular flexibility index (Phi) is 4.34. The highest BCUT2D eigenvalue weighted by Crippen LogP contribution is 2.38. The molecule has 5 heteroatoms. The second kappa shape index (κ2) is 5.86. The number of hydrogen-bond acceptors (Lipinski definition) is 2. The van der Waals surface area contributed by atoms with Crippen LogP contribution in [0.2, 0.25) is 0 Å². The lowest BCUT2D eigenvalue weighted by atomic mass is 9.78. The van der Waals surface area contributed by atoms with E-state index in [1.54, 1.807) is 0 Å². The molecule has 1 aliphatic heterocycles. The van der Waals surface area contributed by atoms with Gasteiger partial charge in [-0.15, -0.1) is 11.3 Å². The van der Waals surface area contributed by atoms with E-state index in [-0.39, 0.29) is 5.91 Å². The van der Waals surface area contributed by atoms with E-state index in [1.165, 1.54) is 49.9 Å². The number of fused-ring (bicyclic) bond motifs is 1. The number of likely N-dealkylation sites (tertiary alicyclic amines) is 1. The number of halogens is 2. The Morgan fingerprint density at radius 2 is 1.95 bits per heavy atom. The van der Waals surface area contributed by atoms with Gasteiger partial charge in [0.1, 0.15) is 0 Å². The highest BCUT2D eigenvalue weighted by Gasteiger charge is 2.36. The average molecular weight is 407 g/mol. The van der Waals surface area contributed by atoms with E-state index in [9.17, 15) is 4.79 Å². The lowest BCUT2D eigenvalue weighted by Crippen LogP contribution is -2.49. The molecule has 1 aromatic heterocycles. The third-order valence-electron chi connectivity index (χ3n) is 4.36. The molecule has 0 bridgehead atoms. The van der Waals surface area contributed by atoms with Gasteiger partial charge in [-0.05, 0) is 69.5 Å². The third kappa shape index (κ3) is 2.79. The Morgan fingerprint density at radius 3 is 2.68 bits per heavy atom. The van der Waals surface area contributed by atoms with Crippen LogP contribution in [-0.4, -0.2) is 23.4 Å². The summed E-state index contributed by atoms with van der Waals surface area (Å²) in [4.78, 5) is 15.7. The van der Waals surface area contributed by atoms with Crippen molar-refractivity contribution in [2.75, 3.05) is 6.54 Å². The zero-order valence-electron chi connectivity index (χ0n) is 10.7. The van der Waals surface area contributed by atoms with Gasteiger partial charge in [-0.2, -0.15) is 0 Å². The zero-order valence-corrected chi connectivity index (χ0v) is 14.7. The Labute approximate surface area is 134 Å². The molecule has 0 spiro atoms. The standard InChI is InChI=1S/C14H17Br2NOS/c15-10-8-12(19-13(10)16)14(18)17-7-3-5-9-4-1-2-6-11(9)17/h8-9,11H,1-7H2/t9-,11+/m1/s1. The SMILES string of the molecule is O=C(c1cc(Br)c(Br)s1)N1CCC[C@H]2CCCC[C@@H]21. The van der Waals surface area contributed by atoms with Crippen molar-refractivity contribution in [3.05, 3.63) is 19.2 Å². The van der Waals surface area contributed by atoms with Crippen LogP contribution in [0.25, 0.3) is 0 Å². The molecule has 1 saturated heterocycles. The van der Waals surface area contributed by atoms with Crippen molar-refractivity contribution in [3.8, 4) is 0 Å². The maximum Gasteiger partial charge on any atom is 0.264 e. The van der Waals surface area contributed by atoms with Gasteiger partial charge in [0.2, 0.25) is 0 Å². The van der Waals surface area contributed by atoms with Crippen LogP contribution in [0.4, 0.5) is 0 Å². The van der Waals surface area contributed by atoms with Gasteiger partial charge in [0.05, 0.1) is 8.66 Å². The molecule has 2 aliphatic rings. The molecule has 1 aromatic rings. The van der Waals surface area contributed by atoms with E-state index in [0.29, 0.717) is 6.04 Å². The van der Waals surface area contributed by atoms with Crippen LogP contribution in [-0.2, 0) is 0 Å². The van der Waals surface area contributed by atoms with E-state index in [1.807, 2.05) is 6.07 Å². The molecule has 1 amide bonds. The highest BCUT2D eigenvalue weighted by molar-refractivity contribution is 9.13. The van der Waals surface area contributed by atoms with E-state index in [0.717, 1.165) is 25.6 Å². The Balaban J connectivity index is 1.81. The molecule has 1 saturated carbocycles. The number of amides is 1. The Morgan fingerprint density at radius 1 is 1.21 bits per heavy atom. The van der Waals surface area contributed by atoms with Gasteiger partial charge in [0.15, 0.2) is 0 Å². The molecule has 0 radical (unpaired) electrons. The van der Waals surface area contributed by atoms with Crippen LogP contribution in [0.3, 0.4) is 0 Å². The molecular formula is C14H17Br2NOS. The van der Waals surface area contributed by atoms with Gasteiger partial charge in [-0.3, -0.25) is 4.79 Å². The number of thiophene rings is 1. The quantitative estimate of drug-likeness (QED) is 0.637. The summed E-state index contributed by atoms with van der Waals surface area (Å²) in [5.41, 5.74) is 0. The number of piperidine rings is 1. The molecule has 19 heavy (non-hydrogen) atoms. The van der Waals surface area contributed by atoms with Crippen molar-refractivity contribution in [2.45, 2.75) is 44.6 Å². The van der Waals surface area contributed by atoms with Crippen LogP contribution >= 0.6 is 43.2 Å². The van der Waals surface area contributed by atoms with Crippen molar-refractivity contribution >= 4 is 49.1 Å². The topological polar surface area (TPSA) is 20.3 Å². The van der Waals surface area contributed by atoms with Gasteiger partial charge in [-0.25, -0.2) is 0 Å². The lowest BCUT2D eigenvalue weighted by Gasteiger charge is -2.44. The molecule has 0 aromatic carbocycles. The number of carbonyl (C=O) groups excluding carboxylic acids is 1. The fraction of sp³-hybridized carbons (Fsp3) is 0.643. The second-order valence-corrected chi connectivity index (χ2v) is 8.71.